The van der Waals surface area contributed by atoms with Crippen LogP contribution in [-0.4, -0.2) is 43.5 Å². The van der Waals surface area contributed by atoms with Crippen molar-refractivity contribution in [1.29, 1.82) is 0 Å². The Morgan fingerprint density at radius 2 is 2.17 bits per heavy atom. The third kappa shape index (κ3) is 1.84. The Labute approximate surface area is 73.9 Å². The molecule has 0 radical (unpaired) electrons. The van der Waals surface area contributed by atoms with Gasteiger partial charge in [-0.05, 0) is 32.4 Å². The molecule has 3 nitrogen and oxygen atoms in total. The van der Waals surface area contributed by atoms with E-state index >= 15 is 0 Å². The van der Waals surface area contributed by atoms with Gasteiger partial charge in [0.1, 0.15) is 0 Å². The molecule has 2 aliphatic heterocycles. The molecule has 2 rings (SSSR count). The Balaban J connectivity index is 1.85. The standard InChI is InChI=1S/C9H17N3/c1-4-11-8-12(7-1)9-2-5-10-6-3-9/h4,9-10H,1-3,5-8H2. The van der Waals surface area contributed by atoms with E-state index in [1.807, 2.05) is 0 Å². The van der Waals surface area contributed by atoms with Gasteiger partial charge < -0.3 is 5.32 Å². The molecule has 0 atom stereocenters. The summed E-state index contributed by atoms with van der Waals surface area (Å²) in [5, 5.41) is 3.39. The molecule has 0 unspecified atom stereocenters. The van der Waals surface area contributed by atoms with Crippen molar-refractivity contribution in [3.8, 4) is 0 Å². The number of nitrogens with zero attached hydrogens (tertiary/aromatic N) is 2. The second kappa shape index (κ2) is 4.01. The zero-order valence-electron chi connectivity index (χ0n) is 7.50. The minimum absolute atomic E-state index is 0.795. The number of hydrogen-bond donors (Lipinski definition) is 1. The maximum Gasteiger partial charge on any atom is 0.0908 e. The maximum atomic E-state index is 4.31. The van der Waals surface area contributed by atoms with Crippen LogP contribution in [0.1, 0.15) is 19.3 Å². The van der Waals surface area contributed by atoms with Gasteiger partial charge in [0, 0.05) is 18.8 Å². The van der Waals surface area contributed by atoms with Gasteiger partial charge in [-0.15, -0.1) is 0 Å². The van der Waals surface area contributed by atoms with Crippen molar-refractivity contribution in [2.75, 3.05) is 26.3 Å². The zero-order valence-corrected chi connectivity index (χ0v) is 7.50. The van der Waals surface area contributed by atoms with E-state index in [2.05, 4.69) is 21.4 Å². The van der Waals surface area contributed by atoms with Gasteiger partial charge in [0.15, 0.2) is 0 Å². The smallest absolute Gasteiger partial charge is 0.0908 e. The first kappa shape index (κ1) is 8.20. The molecular formula is C9H17N3. The van der Waals surface area contributed by atoms with Crippen LogP contribution in [0.25, 0.3) is 0 Å². The molecule has 0 saturated carbocycles. The number of piperidine rings is 1. The first-order valence-corrected chi connectivity index (χ1v) is 4.90. The summed E-state index contributed by atoms with van der Waals surface area (Å²) < 4.78 is 0. The van der Waals surface area contributed by atoms with Crippen LogP contribution in [0, 0.1) is 0 Å². The first-order valence-electron chi connectivity index (χ1n) is 4.90. The maximum absolute atomic E-state index is 4.31. The number of aliphatic imine (C=N–C) groups is 1. The molecule has 0 aromatic rings. The molecule has 3 heteroatoms. The molecule has 0 aliphatic carbocycles. The molecule has 0 aromatic carbocycles. The van der Waals surface area contributed by atoms with Gasteiger partial charge in [0.25, 0.3) is 0 Å². The number of rotatable bonds is 1. The second-order valence-corrected chi connectivity index (χ2v) is 3.59. The lowest BCUT2D eigenvalue weighted by molar-refractivity contribution is 0.166. The molecule has 2 heterocycles. The topological polar surface area (TPSA) is 27.6 Å². The molecule has 1 fully saturated rings. The average molecular weight is 167 g/mol. The monoisotopic (exact) mass is 167 g/mol. The molecule has 0 aromatic heterocycles. The number of hydrogen-bond acceptors (Lipinski definition) is 3. The van der Waals surface area contributed by atoms with Gasteiger partial charge >= 0.3 is 0 Å². The molecule has 12 heavy (non-hydrogen) atoms. The third-order valence-electron chi connectivity index (χ3n) is 2.76. The van der Waals surface area contributed by atoms with E-state index in [0.29, 0.717) is 0 Å². The Morgan fingerprint density at radius 1 is 1.33 bits per heavy atom. The van der Waals surface area contributed by atoms with Gasteiger partial charge in [-0.1, -0.05) is 0 Å². The fourth-order valence-electron chi connectivity index (χ4n) is 2.02. The van der Waals surface area contributed by atoms with Gasteiger partial charge in [-0.25, -0.2) is 0 Å². The van der Waals surface area contributed by atoms with Crippen LogP contribution < -0.4 is 5.32 Å². The van der Waals surface area contributed by atoms with Crippen molar-refractivity contribution in [2.45, 2.75) is 25.3 Å². The molecule has 0 bridgehead atoms. The summed E-state index contributed by atoms with van der Waals surface area (Å²) in [6.07, 6.45) is 5.80. The largest absolute Gasteiger partial charge is 0.317 e. The highest BCUT2D eigenvalue weighted by molar-refractivity contribution is 5.58. The molecule has 2 aliphatic rings. The van der Waals surface area contributed by atoms with Gasteiger partial charge in [0.2, 0.25) is 0 Å². The van der Waals surface area contributed by atoms with E-state index in [4.69, 9.17) is 0 Å². The van der Waals surface area contributed by atoms with Gasteiger partial charge in [-0.3, -0.25) is 9.89 Å². The average Bonchev–Trinajstić information content (AvgIpc) is 2.21. The van der Waals surface area contributed by atoms with Crippen LogP contribution in [-0.2, 0) is 0 Å². The summed E-state index contributed by atoms with van der Waals surface area (Å²) in [6, 6.07) is 0.795. The van der Waals surface area contributed by atoms with E-state index in [0.717, 1.165) is 19.1 Å². The normalized spacial score (nSPS) is 27.7. The Bertz CT molecular complexity index is 161. The predicted molar refractivity (Wildman–Crippen MR) is 50.6 cm³/mol. The van der Waals surface area contributed by atoms with Crippen molar-refractivity contribution < 1.29 is 0 Å². The highest BCUT2D eigenvalue weighted by Gasteiger charge is 2.20. The van der Waals surface area contributed by atoms with Crippen molar-refractivity contribution in [3.63, 3.8) is 0 Å². The Morgan fingerprint density at radius 3 is 2.83 bits per heavy atom. The minimum atomic E-state index is 0.795. The van der Waals surface area contributed by atoms with Gasteiger partial charge in [-0.2, -0.15) is 0 Å². The van der Waals surface area contributed by atoms with Crippen LogP contribution in [0.5, 0.6) is 0 Å². The van der Waals surface area contributed by atoms with Crippen LogP contribution in [0.2, 0.25) is 0 Å². The van der Waals surface area contributed by atoms with Crippen molar-refractivity contribution in [1.82, 2.24) is 10.2 Å². The number of nitrogens with one attached hydrogen (secondary N) is 1. The SMILES string of the molecule is C1=NCN(C2CCNCC2)CC1. The van der Waals surface area contributed by atoms with Crippen LogP contribution in [0.4, 0.5) is 0 Å². The summed E-state index contributed by atoms with van der Waals surface area (Å²) in [4.78, 5) is 6.83. The summed E-state index contributed by atoms with van der Waals surface area (Å²) in [5.41, 5.74) is 0. The molecule has 0 spiro atoms. The van der Waals surface area contributed by atoms with E-state index in [-0.39, 0.29) is 0 Å². The lowest BCUT2D eigenvalue weighted by Gasteiger charge is -2.34. The molecular weight excluding hydrogens is 150 g/mol. The minimum Gasteiger partial charge on any atom is -0.317 e. The Hall–Kier alpha value is -0.410. The summed E-state index contributed by atoms with van der Waals surface area (Å²) >= 11 is 0. The predicted octanol–water partition coefficient (Wildman–Crippen LogP) is 0.472. The highest BCUT2D eigenvalue weighted by Crippen LogP contribution is 2.13. The first-order chi connectivity index (χ1) is 5.97. The summed E-state index contributed by atoms with van der Waals surface area (Å²) in [7, 11) is 0. The van der Waals surface area contributed by atoms with Crippen LogP contribution >= 0.6 is 0 Å². The summed E-state index contributed by atoms with van der Waals surface area (Å²) in [6.45, 7) is 4.52. The van der Waals surface area contributed by atoms with Crippen molar-refractivity contribution in [2.24, 2.45) is 4.99 Å². The second-order valence-electron chi connectivity index (χ2n) is 3.59. The van der Waals surface area contributed by atoms with E-state index in [9.17, 15) is 0 Å². The molecule has 1 saturated heterocycles. The molecule has 1 N–H and O–H groups in total. The van der Waals surface area contributed by atoms with Crippen LogP contribution in [0.15, 0.2) is 4.99 Å². The third-order valence-corrected chi connectivity index (χ3v) is 2.76. The van der Waals surface area contributed by atoms with E-state index in [1.165, 1.54) is 32.5 Å². The lowest BCUT2D eigenvalue weighted by atomic mass is 10.0. The molecule has 0 amide bonds. The van der Waals surface area contributed by atoms with E-state index < -0.39 is 0 Å². The van der Waals surface area contributed by atoms with Crippen molar-refractivity contribution in [3.05, 3.63) is 0 Å². The fourth-order valence-corrected chi connectivity index (χ4v) is 2.02. The Kier molecular flexibility index (Phi) is 2.74. The van der Waals surface area contributed by atoms with Crippen LogP contribution in [0.3, 0.4) is 0 Å². The lowest BCUT2D eigenvalue weighted by Crippen LogP contribution is -2.44. The highest BCUT2D eigenvalue weighted by atomic mass is 15.2. The summed E-state index contributed by atoms with van der Waals surface area (Å²) in [5.74, 6) is 0. The van der Waals surface area contributed by atoms with E-state index in [1.54, 1.807) is 0 Å². The molecule has 68 valence electrons. The van der Waals surface area contributed by atoms with Gasteiger partial charge in [0.05, 0.1) is 6.67 Å². The fraction of sp³-hybridized carbons (Fsp3) is 0.889. The van der Waals surface area contributed by atoms with Crippen molar-refractivity contribution >= 4 is 6.21 Å². The zero-order chi connectivity index (χ0) is 8.23. The quantitative estimate of drug-likeness (QED) is 0.615.